The normalized spacial score (nSPS) is 17.1. The topological polar surface area (TPSA) is 32.3 Å². The predicted molar refractivity (Wildman–Crippen MR) is 67.6 cm³/mol. The van der Waals surface area contributed by atoms with Gasteiger partial charge in [-0.15, -0.1) is 0 Å². The van der Waals surface area contributed by atoms with Crippen LogP contribution in [0.4, 0.5) is 4.79 Å². The van der Waals surface area contributed by atoms with E-state index in [9.17, 15) is 4.79 Å². The second-order valence-corrected chi connectivity index (χ2v) is 4.72. The van der Waals surface area contributed by atoms with Crippen molar-refractivity contribution in [2.75, 3.05) is 13.1 Å². The predicted octanol–water partition coefficient (Wildman–Crippen LogP) is 3.15. The maximum atomic E-state index is 12.0. The van der Waals surface area contributed by atoms with Gasteiger partial charge in [0, 0.05) is 19.1 Å². The van der Waals surface area contributed by atoms with Crippen molar-refractivity contribution >= 4 is 6.03 Å². The summed E-state index contributed by atoms with van der Waals surface area (Å²) < 4.78 is 0. The zero-order valence-corrected chi connectivity index (χ0v) is 10.8. The molecule has 1 aliphatic rings. The first kappa shape index (κ1) is 13.3. The Labute approximate surface area is 99.6 Å². The Hall–Kier alpha value is -0.730. The summed E-state index contributed by atoms with van der Waals surface area (Å²) >= 11 is 0. The number of carbonyl (C=O) groups excluding carboxylic acids is 1. The molecule has 1 aliphatic carbocycles. The van der Waals surface area contributed by atoms with Crippen molar-refractivity contribution in [1.82, 2.24) is 10.2 Å². The Morgan fingerprint density at radius 1 is 1.25 bits per heavy atom. The molecule has 0 saturated heterocycles. The number of hydrogen-bond acceptors (Lipinski definition) is 1. The summed E-state index contributed by atoms with van der Waals surface area (Å²) in [5.74, 6) is 0. The molecule has 1 saturated carbocycles. The highest BCUT2D eigenvalue weighted by molar-refractivity contribution is 5.74. The van der Waals surface area contributed by atoms with Crippen molar-refractivity contribution in [2.24, 2.45) is 0 Å². The van der Waals surface area contributed by atoms with Crippen LogP contribution in [0.5, 0.6) is 0 Å². The highest BCUT2D eigenvalue weighted by atomic mass is 16.2. The van der Waals surface area contributed by atoms with Crippen molar-refractivity contribution in [2.45, 2.75) is 64.8 Å². The second-order valence-electron chi connectivity index (χ2n) is 4.72. The summed E-state index contributed by atoms with van der Waals surface area (Å²) in [5, 5.41) is 3.17. The number of carbonyl (C=O) groups is 1. The van der Waals surface area contributed by atoms with Gasteiger partial charge in [0.05, 0.1) is 0 Å². The lowest BCUT2D eigenvalue weighted by molar-refractivity contribution is 0.192. The fraction of sp³-hybridized carbons (Fsp3) is 0.923. The van der Waals surface area contributed by atoms with Gasteiger partial charge in [-0.1, -0.05) is 32.6 Å². The zero-order chi connectivity index (χ0) is 11.8. The molecule has 3 heteroatoms. The van der Waals surface area contributed by atoms with Gasteiger partial charge in [0.25, 0.3) is 0 Å². The smallest absolute Gasteiger partial charge is 0.317 e. The van der Waals surface area contributed by atoms with E-state index in [2.05, 4.69) is 19.2 Å². The van der Waals surface area contributed by atoms with E-state index in [1.165, 1.54) is 19.3 Å². The molecule has 2 amide bonds. The molecule has 0 aromatic carbocycles. The first-order chi connectivity index (χ1) is 7.77. The van der Waals surface area contributed by atoms with Gasteiger partial charge in [0.2, 0.25) is 0 Å². The van der Waals surface area contributed by atoms with E-state index in [-0.39, 0.29) is 6.03 Å². The highest BCUT2D eigenvalue weighted by Crippen LogP contribution is 2.17. The van der Waals surface area contributed by atoms with Crippen LogP contribution in [0.2, 0.25) is 0 Å². The fourth-order valence-electron chi connectivity index (χ4n) is 2.27. The quantitative estimate of drug-likeness (QED) is 0.767. The number of nitrogens with one attached hydrogen (secondary N) is 1. The van der Waals surface area contributed by atoms with Crippen LogP contribution >= 0.6 is 0 Å². The molecule has 0 bridgehead atoms. The Bertz CT molecular complexity index is 200. The molecule has 1 fully saturated rings. The number of nitrogens with zero attached hydrogens (tertiary/aromatic N) is 1. The number of hydrogen-bond donors (Lipinski definition) is 1. The van der Waals surface area contributed by atoms with Crippen LogP contribution < -0.4 is 5.32 Å². The molecule has 0 spiro atoms. The number of rotatable bonds is 5. The average molecular weight is 226 g/mol. The Morgan fingerprint density at radius 2 is 1.94 bits per heavy atom. The Morgan fingerprint density at radius 3 is 2.50 bits per heavy atom. The largest absolute Gasteiger partial charge is 0.335 e. The monoisotopic (exact) mass is 226 g/mol. The SMILES string of the molecule is CCCCN(CC)C(=O)NC1CCCCC1. The van der Waals surface area contributed by atoms with Gasteiger partial charge in [-0.3, -0.25) is 0 Å². The van der Waals surface area contributed by atoms with Gasteiger partial charge in [0.15, 0.2) is 0 Å². The van der Waals surface area contributed by atoms with E-state index in [0.717, 1.165) is 38.8 Å². The first-order valence-electron chi connectivity index (χ1n) is 6.83. The van der Waals surface area contributed by atoms with E-state index in [1.807, 2.05) is 4.90 Å². The van der Waals surface area contributed by atoms with E-state index in [4.69, 9.17) is 0 Å². The molecule has 0 heterocycles. The summed E-state index contributed by atoms with van der Waals surface area (Å²) in [6.45, 7) is 5.92. The van der Waals surface area contributed by atoms with Crippen LogP contribution in [0.25, 0.3) is 0 Å². The lowest BCUT2D eigenvalue weighted by Gasteiger charge is -2.27. The van der Waals surface area contributed by atoms with Crippen LogP contribution in [-0.4, -0.2) is 30.1 Å². The van der Waals surface area contributed by atoms with Crippen molar-refractivity contribution in [3.63, 3.8) is 0 Å². The van der Waals surface area contributed by atoms with Crippen LogP contribution in [0.15, 0.2) is 0 Å². The molecule has 0 aromatic heterocycles. The maximum absolute atomic E-state index is 12.0. The second kappa shape index (κ2) is 7.53. The molecular formula is C13H26N2O. The van der Waals surface area contributed by atoms with Crippen LogP contribution in [0.1, 0.15) is 58.8 Å². The molecular weight excluding hydrogens is 200 g/mol. The fourth-order valence-corrected chi connectivity index (χ4v) is 2.27. The third-order valence-electron chi connectivity index (χ3n) is 3.38. The zero-order valence-electron chi connectivity index (χ0n) is 10.8. The molecule has 3 nitrogen and oxygen atoms in total. The molecule has 1 rings (SSSR count). The lowest BCUT2D eigenvalue weighted by atomic mass is 9.96. The van der Waals surface area contributed by atoms with Crippen molar-refractivity contribution in [1.29, 1.82) is 0 Å². The van der Waals surface area contributed by atoms with Gasteiger partial charge in [0.1, 0.15) is 0 Å². The van der Waals surface area contributed by atoms with Gasteiger partial charge in [-0.25, -0.2) is 4.79 Å². The number of urea groups is 1. The molecule has 0 atom stereocenters. The summed E-state index contributed by atoms with van der Waals surface area (Å²) in [6, 6.07) is 0.569. The van der Waals surface area contributed by atoms with Gasteiger partial charge >= 0.3 is 6.03 Å². The summed E-state index contributed by atoms with van der Waals surface area (Å²) in [5.41, 5.74) is 0. The van der Waals surface area contributed by atoms with Gasteiger partial charge < -0.3 is 10.2 Å². The van der Waals surface area contributed by atoms with Crippen molar-refractivity contribution in [3.05, 3.63) is 0 Å². The molecule has 0 aliphatic heterocycles. The number of unbranched alkanes of at least 4 members (excludes halogenated alkanes) is 1. The van der Waals surface area contributed by atoms with Gasteiger partial charge in [-0.05, 0) is 26.2 Å². The first-order valence-corrected chi connectivity index (χ1v) is 6.83. The minimum atomic E-state index is 0.142. The summed E-state index contributed by atoms with van der Waals surface area (Å²) in [7, 11) is 0. The molecule has 16 heavy (non-hydrogen) atoms. The third kappa shape index (κ3) is 4.42. The minimum Gasteiger partial charge on any atom is -0.335 e. The highest BCUT2D eigenvalue weighted by Gasteiger charge is 2.18. The van der Waals surface area contributed by atoms with E-state index in [0.29, 0.717) is 6.04 Å². The summed E-state index contributed by atoms with van der Waals surface area (Å²) in [4.78, 5) is 13.9. The van der Waals surface area contributed by atoms with Crippen molar-refractivity contribution in [3.8, 4) is 0 Å². The third-order valence-corrected chi connectivity index (χ3v) is 3.38. The van der Waals surface area contributed by atoms with E-state index < -0.39 is 0 Å². The molecule has 0 unspecified atom stereocenters. The van der Waals surface area contributed by atoms with E-state index in [1.54, 1.807) is 0 Å². The van der Waals surface area contributed by atoms with Crippen LogP contribution in [0, 0.1) is 0 Å². The average Bonchev–Trinajstić information content (AvgIpc) is 2.31. The Kier molecular flexibility index (Phi) is 6.27. The van der Waals surface area contributed by atoms with E-state index >= 15 is 0 Å². The minimum absolute atomic E-state index is 0.142. The maximum Gasteiger partial charge on any atom is 0.317 e. The molecule has 94 valence electrons. The lowest BCUT2D eigenvalue weighted by Crippen LogP contribution is -2.45. The summed E-state index contributed by atoms with van der Waals surface area (Å²) in [6.07, 6.45) is 8.45. The Balaban J connectivity index is 2.29. The standard InChI is InChI=1S/C13H26N2O/c1-3-5-11-15(4-2)13(16)14-12-9-7-6-8-10-12/h12H,3-11H2,1-2H3,(H,14,16). The van der Waals surface area contributed by atoms with Crippen molar-refractivity contribution < 1.29 is 4.79 Å². The van der Waals surface area contributed by atoms with Gasteiger partial charge in [-0.2, -0.15) is 0 Å². The number of amides is 2. The van der Waals surface area contributed by atoms with Crippen LogP contribution in [-0.2, 0) is 0 Å². The molecule has 0 aromatic rings. The molecule has 0 radical (unpaired) electrons. The molecule has 1 N–H and O–H groups in total. The van der Waals surface area contributed by atoms with Crippen LogP contribution in [0.3, 0.4) is 0 Å².